The van der Waals surface area contributed by atoms with E-state index in [0.29, 0.717) is 5.95 Å². The van der Waals surface area contributed by atoms with E-state index in [2.05, 4.69) is 55.0 Å². The summed E-state index contributed by atoms with van der Waals surface area (Å²) in [6.07, 6.45) is 0. The molecule has 0 unspecified atom stereocenters. The average Bonchev–Trinajstić information content (AvgIpc) is 2.73. The Morgan fingerprint density at radius 3 is 2.65 bits per heavy atom. The van der Waals surface area contributed by atoms with E-state index in [4.69, 9.17) is 5.73 Å². The molecule has 0 aliphatic rings. The summed E-state index contributed by atoms with van der Waals surface area (Å²) in [7, 11) is 0. The van der Waals surface area contributed by atoms with Gasteiger partial charge < -0.3 is 5.73 Å². The van der Waals surface area contributed by atoms with Gasteiger partial charge in [-0.25, -0.2) is 9.97 Å². The quantitative estimate of drug-likeness (QED) is 0.715. The minimum atomic E-state index is 0.339. The largest absolute Gasteiger partial charge is 0.368 e. The minimum Gasteiger partial charge on any atom is -0.368 e. The zero-order valence-electron chi connectivity index (χ0n) is 11.6. The molecule has 1 aromatic carbocycles. The molecular formula is C15H15N3S2. The van der Waals surface area contributed by atoms with Gasteiger partial charge in [-0.3, -0.25) is 0 Å². The van der Waals surface area contributed by atoms with Gasteiger partial charge in [0, 0.05) is 15.2 Å². The van der Waals surface area contributed by atoms with Crippen molar-refractivity contribution in [2.24, 2.45) is 0 Å². The van der Waals surface area contributed by atoms with Crippen molar-refractivity contribution in [1.82, 2.24) is 9.97 Å². The third kappa shape index (κ3) is 2.51. The van der Waals surface area contributed by atoms with Gasteiger partial charge in [0.2, 0.25) is 5.95 Å². The van der Waals surface area contributed by atoms with Crippen molar-refractivity contribution in [1.29, 1.82) is 0 Å². The highest BCUT2D eigenvalue weighted by molar-refractivity contribution is 7.99. The molecule has 0 aliphatic carbocycles. The molecule has 3 aromatic rings. The van der Waals surface area contributed by atoms with Crippen LogP contribution in [-0.4, -0.2) is 9.97 Å². The molecule has 2 aromatic heterocycles. The lowest BCUT2D eigenvalue weighted by molar-refractivity contribution is 1.12. The first-order valence-electron chi connectivity index (χ1n) is 6.31. The van der Waals surface area contributed by atoms with Crippen LogP contribution in [0.25, 0.3) is 10.2 Å². The summed E-state index contributed by atoms with van der Waals surface area (Å²) in [5.74, 6) is 0.339. The number of aromatic nitrogens is 2. The van der Waals surface area contributed by atoms with E-state index in [1.807, 2.05) is 0 Å². The Hall–Kier alpha value is -1.59. The Morgan fingerprint density at radius 2 is 1.90 bits per heavy atom. The van der Waals surface area contributed by atoms with Gasteiger partial charge in [-0.15, -0.1) is 11.3 Å². The fourth-order valence-electron chi connectivity index (χ4n) is 2.13. The Labute approximate surface area is 126 Å². The van der Waals surface area contributed by atoms with Crippen molar-refractivity contribution in [3.8, 4) is 0 Å². The van der Waals surface area contributed by atoms with E-state index in [1.54, 1.807) is 23.1 Å². The summed E-state index contributed by atoms with van der Waals surface area (Å²) in [5, 5.41) is 2.02. The molecule has 5 heteroatoms. The van der Waals surface area contributed by atoms with Crippen molar-refractivity contribution >= 4 is 39.3 Å². The Morgan fingerprint density at radius 1 is 1.10 bits per heavy atom. The third-order valence-electron chi connectivity index (χ3n) is 3.04. The number of fused-ring (bicyclic) bond motifs is 1. The number of thiophene rings is 1. The van der Waals surface area contributed by atoms with E-state index in [9.17, 15) is 0 Å². The lowest BCUT2D eigenvalue weighted by Gasteiger charge is -2.07. The van der Waals surface area contributed by atoms with Gasteiger partial charge in [-0.05, 0) is 38.5 Å². The fraction of sp³-hybridized carbons (Fsp3) is 0.200. The summed E-state index contributed by atoms with van der Waals surface area (Å²) < 4.78 is 0. The number of benzene rings is 1. The second-order valence-corrected chi connectivity index (χ2v) is 7.10. The van der Waals surface area contributed by atoms with Crippen molar-refractivity contribution in [2.45, 2.75) is 30.7 Å². The van der Waals surface area contributed by atoms with E-state index >= 15 is 0 Å². The first-order chi connectivity index (χ1) is 9.52. The lowest BCUT2D eigenvalue weighted by Crippen LogP contribution is -1.95. The Kier molecular flexibility index (Phi) is 3.40. The average molecular weight is 301 g/mol. The third-order valence-corrected chi connectivity index (χ3v) is 5.16. The maximum Gasteiger partial charge on any atom is 0.222 e. The summed E-state index contributed by atoms with van der Waals surface area (Å²) in [5.41, 5.74) is 8.35. The Balaban J connectivity index is 2.10. The van der Waals surface area contributed by atoms with E-state index in [0.717, 1.165) is 15.2 Å². The first kappa shape index (κ1) is 13.4. The normalized spacial score (nSPS) is 11.2. The second kappa shape index (κ2) is 5.07. The number of nitrogens with zero attached hydrogens (tertiary/aromatic N) is 2. The van der Waals surface area contributed by atoms with Crippen LogP contribution < -0.4 is 5.73 Å². The van der Waals surface area contributed by atoms with Crippen LogP contribution in [0, 0.1) is 20.8 Å². The molecule has 0 fully saturated rings. The fourth-order valence-corrected chi connectivity index (χ4v) is 4.05. The number of rotatable bonds is 2. The van der Waals surface area contributed by atoms with E-state index in [-0.39, 0.29) is 0 Å². The van der Waals surface area contributed by atoms with Crippen LogP contribution in [0.15, 0.2) is 34.2 Å². The highest BCUT2D eigenvalue weighted by atomic mass is 32.2. The second-order valence-electron chi connectivity index (χ2n) is 4.83. The zero-order valence-corrected chi connectivity index (χ0v) is 13.2. The summed E-state index contributed by atoms with van der Waals surface area (Å²) >= 11 is 3.31. The summed E-state index contributed by atoms with van der Waals surface area (Å²) in [6, 6.07) is 8.57. The predicted molar refractivity (Wildman–Crippen MR) is 86.6 cm³/mol. The molecule has 0 bridgehead atoms. The lowest BCUT2D eigenvalue weighted by atomic mass is 10.2. The molecule has 3 rings (SSSR count). The number of hydrogen-bond donors (Lipinski definition) is 1. The molecule has 0 aliphatic heterocycles. The SMILES string of the molecule is Cc1ccc(Sc2nc(N)nc3sc(C)cc23)c(C)c1. The Bertz CT molecular complexity index is 793. The van der Waals surface area contributed by atoms with Crippen LogP contribution in [0.3, 0.4) is 0 Å². The number of aryl methyl sites for hydroxylation is 3. The van der Waals surface area contributed by atoms with Crippen LogP contribution in [-0.2, 0) is 0 Å². The topological polar surface area (TPSA) is 51.8 Å². The molecule has 0 saturated carbocycles. The molecular weight excluding hydrogens is 286 g/mol. The van der Waals surface area contributed by atoms with Crippen molar-refractivity contribution in [2.75, 3.05) is 5.73 Å². The minimum absolute atomic E-state index is 0.339. The molecule has 102 valence electrons. The van der Waals surface area contributed by atoms with Gasteiger partial charge in [-0.2, -0.15) is 0 Å². The zero-order chi connectivity index (χ0) is 14.3. The summed E-state index contributed by atoms with van der Waals surface area (Å²) in [6.45, 7) is 6.30. The van der Waals surface area contributed by atoms with E-state index < -0.39 is 0 Å². The molecule has 0 atom stereocenters. The van der Waals surface area contributed by atoms with Gasteiger partial charge in [0.25, 0.3) is 0 Å². The summed E-state index contributed by atoms with van der Waals surface area (Å²) in [4.78, 5) is 12.1. The van der Waals surface area contributed by atoms with Crippen molar-refractivity contribution < 1.29 is 0 Å². The predicted octanol–water partition coefficient (Wildman–Crippen LogP) is 4.35. The van der Waals surface area contributed by atoms with Crippen molar-refractivity contribution in [3.63, 3.8) is 0 Å². The van der Waals surface area contributed by atoms with Gasteiger partial charge in [0.05, 0.1) is 0 Å². The maximum atomic E-state index is 5.82. The van der Waals surface area contributed by atoms with Crippen LogP contribution in [0.1, 0.15) is 16.0 Å². The van der Waals surface area contributed by atoms with E-state index in [1.165, 1.54) is 20.9 Å². The molecule has 0 saturated heterocycles. The molecule has 2 N–H and O–H groups in total. The van der Waals surface area contributed by atoms with Crippen LogP contribution in [0.2, 0.25) is 0 Å². The number of nitrogens with two attached hydrogens (primary N) is 1. The molecule has 20 heavy (non-hydrogen) atoms. The van der Waals surface area contributed by atoms with Gasteiger partial charge in [-0.1, -0.05) is 29.5 Å². The van der Waals surface area contributed by atoms with Gasteiger partial charge >= 0.3 is 0 Å². The number of nitrogen functional groups attached to an aromatic ring is 1. The highest BCUT2D eigenvalue weighted by Gasteiger charge is 2.11. The monoisotopic (exact) mass is 301 g/mol. The number of hydrogen-bond acceptors (Lipinski definition) is 5. The first-order valence-corrected chi connectivity index (χ1v) is 7.95. The highest BCUT2D eigenvalue weighted by Crippen LogP contribution is 2.36. The maximum absolute atomic E-state index is 5.82. The van der Waals surface area contributed by atoms with Crippen molar-refractivity contribution in [3.05, 3.63) is 40.3 Å². The molecule has 0 radical (unpaired) electrons. The van der Waals surface area contributed by atoms with Crippen LogP contribution in [0.5, 0.6) is 0 Å². The van der Waals surface area contributed by atoms with Crippen LogP contribution in [0.4, 0.5) is 5.95 Å². The smallest absolute Gasteiger partial charge is 0.222 e. The van der Waals surface area contributed by atoms with Gasteiger partial charge in [0.15, 0.2) is 0 Å². The molecule has 0 spiro atoms. The molecule has 3 nitrogen and oxygen atoms in total. The van der Waals surface area contributed by atoms with Crippen LogP contribution >= 0.6 is 23.1 Å². The standard InChI is InChI=1S/C15H15N3S2/c1-8-4-5-12(9(2)6-8)20-14-11-7-10(3)19-13(11)17-15(16)18-14/h4-7H,1-3H3,(H2,16,17,18). The molecule has 0 amide bonds. The van der Waals surface area contributed by atoms with Gasteiger partial charge in [0.1, 0.15) is 9.86 Å². The number of anilines is 1. The molecule has 2 heterocycles.